The number of nitrogens with one attached hydrogen (secondary N) is 1. The Morgan fingerprint density at radius 1 is 1.08 bits per heavy atom. The Hall–Kier alpha value is -1.38. The molecule has 2 fully saturated rings. The van der Waals surface area contributed by atoms with Crippen molar-refractivity contribution in [3.8, 4) is 0 Å². The van der Waals surface area contributed by atoms with Crippen LogP contribution in [0, 0.1) is 11.6 Å². The molecule has 2 heterocycles. The van der Waals surface area contributed by atoms with Gasteiger partial charge in [-0.2, -0.15) is 0 Å². The fourth-order valence-corrected chi connectivity index (χ4v) is 3.70. The van der Waals surface area contributed by atoms with Crippen LogP contribution in [-0.4, -0.2) is 65.5 Å². The van der Waals surface area contributed by atoms with Crippen LogP contribution in [-0.2, 0) is 4.79 Å². The number of halogens is 3. The van der Waals surface area contributed by atoms with Crippen LogP contribution in [0.4, 0.5) is 8.78 Å². The quantitative estimate of drug-likeness (QED) is 0.845. The molecular weight excluding hydrogens is 360 g/mol. The molecule has 2 amide bonds. The molecule has 132 valence electrons. The summed E-state index contributed by atoms with van der Waals surface area (Å²) >= 11 is 1.67. The highest BCUT2D eigenvalue weighted by Gasteiger charge is 2.32. The molecule has 0 aliphatic carbocycles. The third-order valence-corrected chi connectivity index (χ3v) is 5.01. The van der Waals surface area contributed by atoms with Crippen LogP contribution >= 0.6 is 24.2 Å². The van der Waals surface area contributed by atoms with Crippen LogP contribution in [0.5, 0.6) is 0 Å². The first-order valence-electron chi connectivity index (χ1n) is 7.41. The van der Waals surface area contributed by atoms with E-state index in [1.165, 1.54) is 11.0 Å². The highest BCUT2D eigenvalue weighted by atomic mass is 35.5. The maximum Gasteiger partial charge on any atom is 0.259 e. The van der Waals surface area contributed by atoms with Crippen LogP contribution in [0.15, 0.2) is 18.2 Å². The van der Waals surface area contributed by atoms with Crippen molar-refractivity contribution in [2.75, 3.05) is 37.8 Å². The number of benzene rings is 1. The highest BCUT2D eigenvalue weighted by Crippen LogP contribution is 2.17. The van der Waals surface area contributed by atoms with Crippen LogP contribution in [0.2, 0.25) is 0 Å². The van der Waals surface area contributed by atoms with E-state index < -0.39 is 23.1 Å². The minimum absolute atomic E-state index is 0. The van der Waals surface area contributed by atoms with Gasteiger partial charge in [-0.25, -0.2) is 8.78 Å². The maximum absolute atomic E-state index is 13.7. The van der Waals surface area contributed by atoms with Gasteiger partial charge in [0.1, 0.15) is 17.2 Å². The van der Waals surface area contributed by atoms with Gasteiger partial charge < -0.3 is 9.80 Å². The Labute approximate surface area is 149 Å². The lowest BCUT2D eigenvalue weighted by Gasteiger charge is -2.36. The van der Waals surface area contributed by atoms with Gasteiger partial charge in [0.05, 0.1) is 6.04 Å². The number of carbonyl (C=O) groups is 2. The number of carbonyl (C=O) groups excluding carboxylic acids is 2. The van der Waals surface area contributed by atoms with Crippen LogP contribution < -0.4 is 5.32 Å². The molecule has 0 bridgehead atoms. The van der Waals surface area contributed by atoms with Gasteiger partial charge >= 0.3 is 0 Å². The summed E-state index contributed by atoms with van der Waals surface area (Å²) < 4.78 is 27.4. The maximum atomic E-state index is 13.7. The molecule has 2 saturated heterocycles. The summed E-state index contributed by atoms with van der Waals surface area (Å²) in [7, 11) is 0. The molecule has 2 aliphatic heterocycles. The van der Waals surface area contributed by atoms with Gasteiger partial charge in [-0.1, -0.05) is 6.07 Å². The first kappa shape index (κ1) is 19.0. The van der Waals surface area contributed by atoms with E-state index in [9.17, 15) is 18.4 Å². The van der Waals surface area contributed by atoms with Crippen molar-refractivity contribution >= 4 is 36.0 Å². The van der Waals surface area contributed by atoms with E-state index in [-0.39, 0.29) is 37.4 Å². The van der Waals surface area contributed by atoms with Gasteiger partial charge in [0, 0.05) is 37.8 Å². The number of hydrogen-bond acceptors (Lipinski definition) is 4. The number of piperazine rings is 1. The van der Waals surface area contributed by atoms with Gasteiger partial charge in [0.2, 0.25) is 5.91 Å². The molecular formula is C15H18ClF2N3O2S. The SMILES string of the molecule is Cl.O=C(c1c(F)cccc1F)N1CCN(C(=O)C2CSCN2)CC1. The molecule has 1 aromatic rings. The molecule has 3 rings (SSSR count). The molecule has 0 aromatic heterocycles. The van der Waals surface area contributed by atoms with Crippen molar-refractivity contribution in [1.29, 1.82) is 0 Å². The zero-order valence-electron chi connectivity index (χ0n) is 12.8. The van der Waals surface area contributed by atoms with E-state index in [2.05, 4.69) is 5.32 Å². The molecule has 1 aromatic carbocycles. The molecule has 2 aliphatic rings. The third-order valence-electron chi connectivity index (χ3n) is 4.07. The number of thioether (sulfide) groups is 1. The minimum atomic E-state index is -0.860. The van der Waals surface area contributed by atoms with Crippen LogP contribution in [0.25, 0.3) is 0 Å². The Kier molecular flexibility index (Phi) is 6.42. The summed E-state index contributed by atoms with van der Waals surface area (Å²) in [5, 5.41) is 3.12. The van der Waals surface area contributed by atoms with E-state index in [1.807, 2.05) is 0 Å². The second kappa shape index (κ2) is 8.13. The van der Waals surface area contributed by atoms with Gasteiger partial charge in [0.25, 0.3) is 5.91 Å². The number of amides is 2. The summed E-state index contributed by atoms with van der Waals surface area (Å²) in [4.78, 5) is 27.7. The van der Waals surface area contributed by atoms with Gasteiger partial charge in [-0.3, -0.25) is 14.9 Å². The molecule has 1 atom stereocenters. The van der Waals surface area contributed by atoms with Crippen LogP contribution in [0.1, 0.15) is 10.4 Å². The standard InChI is InChI=1S/C15H17F2N3O2S.ClH/c16-10-2-1-3-11(17)13(10)15(22)20-6-4-19(5-7-20)14(21)12-8-23-9-18-12;/h1-3,12,18H,4-9H2;1H. The molecule has 1 N–H and O–H groups in total. The Morgan fingerprint density at radius 2 is 1.67 bits per heavy atom. The second-order valence-electron chi connectivity index (χ2n) is 5.49. The first-order chi connectivity index (χ1) is 11.1. The van der Waals surface area contributed by atoms with Crippen molar-refractivity contribution in [2.24, 2.45) is 0 Å². The Bertz CT molecular complexity index is 600. The van der Waals surface area contributed by atoms with E-state index in [0.717, 1.165) is 23.8 Å². The average molecular weight is 378 g/mol. The van der Waals surface area contributed by atoms with Crippen molar-refractivity contribution in [3.05, 3.63) is 35.4 Å². The summed E-state index contributed by atoms with van der Waals surface area (Å²) in [6, 6.07) is 3.19. The van der Waals surface area contributed by atoms with Crippen LogP contribution in [0.3, 0.4) is 0 Å². The summed E-state index contributed by atoms with van der Waals surface area (Å²) in [6.45, 7) is 1.31. The summed E-state index contributed by atoms with van der Waals surface area (Å²) in [6.07, 6.45) is 0. The van der Waals surface area contributed by atoms with Crippen molar-refractivity contribution < 1.29 is 18.4 Å². The summed E-state index contributed by atoms with van der Waals surface area (Å²) in [5.41, 5.74) is -0.527. The van der Waals surface area contributed by atoms with Crippen molar-refractivity contribution in [2.45, 2.75) is 6.04 Å². The van der Waals surface area contributed by atoms with Crippen molar-refractivity contribution in [3.63, 3.8) is 0 Å². The Morgan fingerprint density at radius 3 is 2.21 bits per heavy atom. The lowest BCUT2D eigenvalue weighted by molar-refractivity contribution is -0.134. The second-order valence-corrected chi connectivity index (χ2v) is 6.52. The first-order valence-corrected chi connectivity index (χ1v) is 8.56. The third kappa shape index (κ3) is 3.81. The lowest BCUT2D eigenvalue weighted by Crippen LogP contribution is -2.54. The average Bonchev–Trinajstić information content (AvgIpc) is 3.08. The van der Waals surface area contributed by atoms with E-state index >= 15 is 0 Å². The number of nitrogens with zero attached hydrogens (tertiary/aromatic N) is 2. The molecule has 5 nitrogen and oxygen atoms in total. The van der Waals surface area contributed by atoms with E-state index in [0.29, 0.717) is 13.1 Å². The predicted molar refractivity (Wildman–Crippen MR) is 90.3 cm³/mol. The minimum Gasteiger partial charge on any atom is -0.338 e. The van der Waals surface area contributed by atoms with Crippen molar-refractivity contribution in [1.82, 2.24) is 15.1 Å². The monoisotopic (exact) mass is 377 g/mol. The van der Waals surface area contributed by atoms with Gasteiger partial charge in [-0.15, -0.1) is 24.2 Å². The van der Waals surface area contributed by atoms with Gasteiger partial charge in [0.15, 0.2) is 0 Å². The molecule has 0 radical (unpaired) electrons. The topological polar surface area (TPSA) is 52.7 Å². The zero-order chi connectivity index (χ0) is 16.4. The summed E-state index contributed by atoms with van der Waals surface area (Å²) in [5.74, 6) is -0.845. The number of hydrogen-bond donors (Lipinski definition) is 1. The molecule has 0 spiro atoms. The number of rotatable bonds is 2. The highest BCUT2D eigenvalue weighted by molar-refractivity contribution is 7.99. The fourth-order valence-electron chi connectivity index (χ4n) is 2.76. The largest absolute Gasteiger partial charge is 0.338 e. The smallest absolute Gasteiger partial charge is 0.259 e. The molecule has 0 saturated carbocycles. The fraction of sp³-hybridized carbons (Fsp3) is 0.467. The zero-order valence-corrected chi connectivity index (χ0v) is 14.5. The molecule has 24 heavy (non-hydrogen) atoms. The van der Waals surface area contributed by atoms with E-state index in [1.54, 1.807) is 16.7 Å². The lowest BCUT2D eigenvalue weighted by atomic mass is 10.1. The molecule has 1 unspecified atom stereocenters. The Balaban J connectivity index is 0.00000208. The normalized spacial score (nSPS) is 20.7. The van der Waals surface area contributed by atoms with E-state index in [4.69, 9.17) is 0 Å². The predicted octanol–water partition coefficient (Wildman–Crippen LogP) is 1.33. The molecule has 9 heteroatoms. The van der Waals surface area contributed by atoms with Gasteiger partial charge in [-0.05, 0) is 12.1 Å².